The van der Waals surface area contributed by atoms with Gasteiger partial charge in [0, 0.05) is 12.6 Å². The van der Waals surface area contributed by atoms with E-state index in [0.717, 1.165) is 15.9 Å². The van der Waals surface area contributed by atoms with Crippen molar-refractivity contribution in [2.75, 3.05) is 17.6 Å². The molecule has 0 aliphatic rings. The molecule has 1 rings (SSSR count). The normalized spacial score (nSPS) is 11.9. The number of thioether (sulfide) groups is 1. The van der Waals surface area contributed by atoms with E-state index < -0.39 is 0 Å². The van der Waals surface area contributed by atoms with Crippen molar-refractivity contribution in [3.05, 3.63) is 12.7 Å². The lowest BCUT2D eigenvalue weighted by Gasteiger charge is -2.12. The molecule has 0 spiro atoms. The number of unbranched alkanes of at least 4 members (excludes halogenated alkanes) is 2. The van der Waals surface area contributed by atoms with Gasteiger partial charge in [0.2, 0.25) is 11.0 Å². The minimum atomic E-state index is 0.0554. The number of carbonyl (C=O) groups excluding carboxylic acids is 1. The van der Waals surface area contributed by atoms with Gasteiger partial charge in [-0.3, -0.25) is 4.79 Å². The molecule has 21 heavy (non-hydrogen) atoms. The maximum Gasteiger partial charge on any atom is 0.230 e. The zero-order valence-electron chi connectivity index (χ0n) is 12.7. The van der Waals surface area contributed by atoms with Crippen molar-refractivity contribution in [3.8, 4) is 0 Å². The predicted molar refractivity (Wildman–Crippen MR) is 91.1 cm³/mol. The smallest absolute Gasteiger partial charge is 0.230 e. The zero-order chi connectivity index (χ0) is 15.5. The van der Waals surface area contributed by atoms with Crippen molar-refractivity contribution in [1.82, 2.24) is 15.5 Å². The Hall–Kier alpha value is -1.08. The topological polar surface area (TPSA) is 66.9 Å². The first-order valence-corrected chi connectivity index (χ1v) is 9.06. The summed E-state index contributed by atoms with van der Waals surface area (Å²) in [6.45, 7) is 8.53. The second-order valence-electron chi connectivity index (χ2n) is 4.80. The second kappa shape index (κ2) is 10.6. The maximum atomic E-state index is 11.8. The second-order valence-corrected chi connectivity index (χ2v) is 7.00. The van der Waals surface area contributed by atoms with Gasteiger partial charge < -0.3 is 10.6 Å². The van der Waals surface area contributed by atoms with Crippen molar-refractivity contribution in [3.63, 3.8) is 0 Å². The largest absolute Gasteiger partial charge is 0.357 e. The summed E-state index contributed by atoms with van der Waals surface area (Å²) >= 11 is 2.87. The zero-order valence-corrected chi connectivity index (χ0v) is 14.4. The van der Waals surface area contributed by atoms with E-state index in [9.17, 15) is 4.79 Å². The molecule has 7 heteroatoms. The van der Waals surface area contributed by atoms with Gasteiger partial charge in [-0.2, -0.15) is 0 Å². The molecular formula is C14H24N4OS2. The van der Waals surface area contributed by atoms with Crippen LogP contribution in [0.15, 0.2) is 17.0 Å². The Bertz CT molecular complexity index is 436. The molecule has 0 fully saturated rings. The van der Waals surface area contributed by atoms with Gasteiger partial charge in [-0.05, 0) is 13.3 Å². The molecule has 1 aromatic rings. The van der Waals surface area contributed by atoms with Gasteiger partial charge in [-0.25, -0.2) is 0 Å². The Balaban J connectivity index is 2.22. The summed E-state index contributed by atoms with van der Waals surface area (Å²) in [6, 6.07) is 0.240. The third kappa shape index (κ3) is 8.06. The number of nitrogens with one attached hydrogen (secondary N) is 2. The molecule has 1 heterocycles. The lowest BCUT2D eigenvalue weighted by Crippen LogP contribution is -2.33. The van der Waals surface area contributed by atoms with Crippen LogP contribution in [0.25, 0.3) is 0 Å². The van der Waals surface area contributed by atoms with E-state index in [2.05, 4.69) is 41.3 Å². The van der Waals surface area contributed by atoms with Crippen molar-refractivity contribution in [2.45, 2.75) is 49.9 Å². The van der Waals surface area contributed by atoms with Crippen LogP contribution in [-0.2, 0) is 4.79 Å². The summed E-state index contributed by atoms with van der Waals surface area (Å²) in [5, 5.41) is 14.9. The van der Waals surface area contributed by atoms with Crippen LogP contribution in [0.2, 0.25) is 0 Å². The van der Waals surface area contributed by atoms with Crippen LogP contribution in [-0.4, -0.2) is 34.4 Å². The highest BCUT2D eigenvalue weighted by Gasteiger charge is 2.10. The van der Waals surface area contributed by atoms with E-state index >= 15 is 0 Å². The Morgan fingerprint density at radius 2 is 2.29 bits per heavy atom. The first-order chi connectivity index (χ1) is 10.2. The number of amides is 1. The fourth-order valence-electron chi connectivity index (χ4n) is 1.72. The number of rotatable bonds is 11. The van der Waals surface area contributed by atoms with Crippen molar-refractivity contribution < 1.29 is 4.79 Å². The highest BCUT2D eigenvalue weighted by Crippen LogP contribution is 2.25. The van der Waals surface area contributed by atoms with Gasteiger partial charge in [0.05, 0.1) is 5.75 Å². The van der Waals surface area contributed by atoms with Gasteiger partial charge in [0.25, 0.3) is 0 Å². The molecule has 2 N–H and O–H groups in total. The van der Waals surface area contributed by atoms with Crippen LogP contribution in [0, 0.1) is 0 Å². The summed E-state index contributed by atoms with van der Waals surface area (Å²) in [5.74, 6) is 0.439. The molecule has 1 unspecified atom stereocenters. The molecule has 0 radical (unpaired) electrons. The quantitative estimate of drug-likeness (QED) is 0.370. The number of anilines is 1. The van der Waals surface area contributed by atoms with Crippen molar-refractivity contribution >= 4 is 34.1 Å². The Labute approximate surface area is 135 Å². The molecular weight excluding hydrogens is 304 g/mol. The van der Waals surface area contributed by atoms with Crippen LogP contribution in [0.3, 0.4) is 0 Å². The number of nitrogens with zero attached hydrogens (tertiary/aromatic N) is 2. The molecule has 0 aromatic carbocycles. The number of hydrogen-bond donors (Lipinski definition) is 2. The van der Waals surface area contributed by atoms with Gasteiger partial charge in [0.15, 0.2) is 4.34 Å². The van der Waals surface area contributed by atoms with E-state index in [1.54, 1.807) is 6.08 Å². The number of carbonyl (C=O) groups is 1. The summed E-state index contributed by atoms with van der Waals surface area (Å²) < 4.78 is 0.801. The predicted octanol–water partition coefficient (Wildman–Crippen LogP) is 3.31. The molecule has 118 valence electrons. The molecule has 0 aliphatic heterocycles. The molecule has 1 atom stereocenters. The first kappa shape index (κ1) is 18.0. The average molecular weight is 329 g/mol. The minimum absolute atomic E-state index is 0.0554. The molecule has 0 saturated heterocycles. The van der Waals surface area contributed by atoms with Crippen LogP contribution in [0.5, 0.6) is 0 Å². The summed E-state index contributed by atoms with van der Waals surface area (Å²) in [5.41, 5.74) is 0. The number of hydrogen-bond acceptors (Lipinski definition) is 6. The van der Waals surface area contributed by atoms with E-state index in [1.165, 1.54) is 42.4 Å². The third-order valence-corrected chi connectivity index (χ3v) is 4.79. The van der Waals surface area contributed by atoms with Gasteiger partial charge in [-0.15, -0.1) is 16.8 Å². The van der Waals surface area contributed by atoms with Crippen LogP contribution in [0.4, 0.5) is 5.13 Å². The Morgan fingerprint density at radius 3 is 3.00 bits per heavy atom. The van der Waals surface area contributed by atoms with Gasteiger partial charge >= 0.3 is 0 Å². The third-order valence-electron chi connectivity index (χ3n) is 2.78. The summed E-state index contributed by atoms with van der Waals surface area (Å²) in [6.07, 6.45) is 6.40. The molecule has 0 aliphatic carbocycles. The summed E-state index contributed by atoms with van der Waals surface area (Å²) in [7, 11) is 0. The van der Waals surface area contributed by atoms with E-state index in [-0.39, 0.29) is 11.9 Å². The van der Waals surface area contributed by atoms with Crippen molar-refractivity contribution in [1.29, 1.82) is 0 Å². The lowest BCUT2D eigenvalue weighted by molar-refractivity contribution is -0.119. The van der Waals surface area contributed by atoms with Gasteiger partial charge in [0.1, 0.15) is 0 Å². The molecule has 1 amide bonds. The summed E-state index contributed by atoms with van der Waals surface area (Å²) in [4.78, 5) is 11.8. The molecule has 5 nitrogen and oxygen atoms in total. The van der Waals surface area contributed by atoms with Crippen LogP contribution >= 0.6 is 23.1 Å². The minimum Gasteiger partial charge on any atom is -0.357 e. The lowest BCUT2D eigenvalue weighted by atomic mass is 10.1. The highest BCUT2D eigenvalue weighted by molar-refractivity contribution is 8.01. The van der Waals surface area contributed by atoms with Gasteiger partial charge in [-0.1, -0.05) is 55.4 Å². The Morgan fingerprint density at radius 1 is 1.48 bits per heavy atom. The van der Waals surface area contributed by atoms with Crippen LogP contribution in [0.1, 0.15) is 39.5 Å². The standard InChI is InChI=1S/C14H24N4OS2/c1-4-6-7-8-11(3)16-12(19)10-20-14-18-17-13(21-14)15-9-5-2/h5,11H,2,4,6-10H2,1,3H3,(H,15,17)(H,16,19). The van der Waals surface area contributed by atoms with E-state index in [0.29, 0.717) is 12.3 Å². The molecule has 1 aromatic heterocycles. The monoisotopic (exact) mass is 328 g/mol. The Kier molecular flexibility index (Phi) is 9.09. The van der Waals surface area contributed by atoms with E-state index in [4.69, 9.17) is 0 Å². The van der Waals surface area contributed by atoms with E-state index in [1.807, 2.05) is 0 Å². The maximum absolute atomic E-state index is 11.8. The first-order valence-electron chi connectivity index (χ1n) is 7.26. The average Bonchev–Trinajstić information content (AvgIpc) is 2.91. The number of aromatic nitrogens is 2. The molecule has 0 saturated carbocycles. The molecule has 0 bridgehead atoms. The fourth-order valence-corrected chi connectivity index (χ4v) is 3.29. The SMILES string of the molecule is C=CCNc1nnc(SCC(=O)NC(C)CCCCC)s1. The highest BCUT2D eigenvalue weighted by atomic mass is 32.2. The fraction of sp³-hybridized carbons (Fsp3) is 0.643. The van der Waals surface area contributed by atoms with Crippen LogP contribution < -0.4 is 10.6 Å². The van der Waals surface area contributed by atoms with Crippen molar-refractivity contribution in [2.24, 2.45) is 0 Å².